The van der Waals surface area contributed by atoms with E-state index in [0.717, 1.165) is 11.3 Å². The van der Waals surface area contributed by atoms with Crippen LogP contribution in [0.3, 0.4) is 0 Å². The maximum Gasteiger partial charge on any atom is 0.273 e. The number of hydrogen-bond acceptors (Lipinski definition) is 7. The van der Waals surface area contributed by atoms with Crippen LogP contribution in [0.5, 0.6) is 11.5 Å². The zero-order chi connectivity index (χ0) is 20.9. The quantitative estimate of drug-likeness (QED) is 0.393. The van der Waals surface area contributed by atoms with E-state index in [2.05, 4.69) is 15.2 Å². The van der Waals surface area contributed by atoms with Crippen LogP contribution in [-0.2, 0) is 10.0 Å². The van der Waals surface area contributed by atoms with Crippen molar-refractivity contribution in [3.63, 3.8) is 0 Å². The van der Waals surface area contributed by atoms with Crippen molar-refractivity contribution in [3.8, 4) is 11.5 Å². The van der Waals surface area contributed by atoms with Crippen LogP contribution in [0.25, 0.3) is 0 Å². The zero-order valence-electron chi connectivity index (χ0n) is 15.2. The van der Waals surface area contributed by atoms with Crippen LogP contribution in [0.4, 0.5) is 5.69 Å². The van der Waals surface area contributed by atoms with Gasteiger partial charge in [0, 0.05) is 0 Å². The van der Waals surface area contributed by atoms with Gasteiger partial charge in [0.15, 0.2) is 11.5 Å². The Morgan fingerprint density at radius 3 is 2.69 bits per heavy atom. The lowest BCUT2D eigenvalue weighted by Gasteiger charge is -2.10. The Balaban J connectivity index is 1.75. The molecule has 0 radical (unpaired) electrons. The van der Waals surface area contributed by atoms with Crippen LogP contribution in [-0.4, -0.2) is 32.8 Å². The number of sulfonamides is 1. The maximum atomic E-state index is 12.5. The summed E-state index contributed by atoms with van der Waals surface area (Å²) in [7, 11) is -2.37. The first-order valence-corrected chi connectivity index (χ1v) is 10.6. The van der Waals surface area contributed by atoms with Crippen LogP contribution in [0.2, 0.25) is 0 Å². The summed E-state index contributed by atoms with van der Waals surface area (Å²) in [6.45, 7) is 0. The van der Waals surface area contributed by atoms with Crippen LogP contribution >= 0.6 is 11.3 Å². The lowest BCUT2D eigenvalue weighted by atomic mass is 10.2. The summed E-state index contributed by atoms with van der Waals surface area (Å²) in [5.74, 6) is -0.328. The van der Waals surface area contributed by atoms with Gasteiger partial charge in [0.05, 0.1) is 24.6 Å². The third-order valence-corrected chi connectivity index (χ3v) is 6.52. The van der Waals surface area contributed by atoms with E-state index in [1.807, 2.05) is 0 Å². The number of rotatable bonds is 7. The van der Waals surface area contributed by atoms with E-state index in [1.54, 1.807) is 35.7 Å². The molecule has 10 heteroatoms. The summed E-state index contributed by atoms with van der Waals surface area (Å²) in [6, 6.07) is 13.9. The Labute approximate surface area is 171 Å². The Morgan fingerprint density at radius 1 is 1.17 bits per heavy atom. The molecule has 0 fully saturated rings. The number of phenolic OH excluding ortho intramolecular Hbond substituents is 1. The molecule has 1 amide bonds. The number of amides is 1. The molecular formula is C19H17N3O5S2. The molecule has 1 aromatic heterocycles. The van der Waals surface area contributed by atoms with E-state index in [1.165, 1.54) is 37.6 Å². The highest BCUT2D eigenvalue weighted by Crippen LogP contribution is 2.25. The molecule has 3 rings (SSSR count). The summed E-state index contributed by atoms with van der Waals surface area (Å²) >= 11 is 1.08. The largest absolute Gasteiger partial charge is 0.504 e. The molecule has 0 aliphatic carbocycles. The van der Waals surface area contributed by atoms with Gasteiger partial charge in [-0.05, 0) is 47.3 Å². The fraction of sp³-hybridized carbons (Fsp3) is 0.0526. The van der Waals surface area contributed by atoms with E-state index in [0.29, 0.717) is 5.56 Å². The first-order valence-electron chi connectivity index (χ1n) is 8.26. The summed E-state index contributed by atoms with van der Waals surface area (Å²) < 4.78 is 32.4. The first kappa shape index (κ1) is 20.4. The van der Waals surface area contributed by atoms with Crippen LogP contribution in [0, 0.1) is 0 Å². The SMILES string of the molecule is COc1cc(/C=N/NC(=O)c2ccccc2NS(=O)(=O)c2cccs2)ccc1O. The lowest BCUT2D eigenvalue weighted by Crippen LogP contribution is -2.21. The van der Waals surface area contributed by atoms with Gasteiger partial charge >= 0.3 is 0 Å². The smallest absolute Gasteiger partial charge is 0.273 e. The Kier molecular flexibility index (Phi) is 6.15. The van der Waals surface area contributed by atoms with Crippen LogP contribution in [0.15, 0.2) is 69.3 Å². The minimum absolute atomic E-state index is 0.0133. The number of thiophene rings is 1. The van der Waals surface area contributed by atoms with Gasteiger partial charge < -0.3 is 9.84 Å². The van der Waals surface area contributed by atoms with Crippen molar-refractivity contribution in [1.29, 1.82) is 0 Å². The second kappa shape index (κ2) is 8.76. The van der Waals surface area contributed by atoms with E-state index < -0.39 is 15.9 Å². The Morgan fingerprint density at radius 2 is 1.97 bits per heavy atom. The van der Waals surface area contributed by atoms with E-state index in [4.69, 9.17) is 4.74 Å². The predicted molar refractivity (Wildman–Crippen MR) is 111 cm³/mol. The van der Waals surface area contributed by atoms with Crippen molar-refractivity contribution < 1.29 is 23.1 Å². The standard InChI is InChI=1S/C19H17N3O5S2/c1-27-17-11-13(8-9-16(17)23)12-20-21-19(24)14-5-2-3-6-15(14)22-29(25,26)18-7-4-10-28-18/h2-12,22-23H,1H3,(H,21,24)/b20-12+. The fourth-order valence-electron chi connectivity index (χ4n) is 2.38. The average Bonchev–Trinajstić information content (AvgIpc) is 3.25. The molecule has 0 atom stereocenters. The predicted octanol–water partition coefficient (Wildman–Crippen LogP) is 3.03. The number of phenols is 1. The number of carbonyl (C=O) groups excluding carboxylic acids is 1. The summed E-state index contributed by atoms with van der Waals surface area (Å²) in [5.41, 5.74) is 3.20. The van der Waals surface area contributed by atoms with Gasteiger partial charge in [-0.2, -0.15) is 5.10 Å². The van der Waals surface area contributed by atoms with Gasteiger partial charge in [0.25, 0.3) is 15.9 Å². The number of nitrogens with zero attached hydrogens (tertiary/aromatic N) is 1. The molecule has 0 saturated carbocycles. The molecule has 3 aromatic rings. The fourth-order valence-corrected chi connectivity index (χ4v) is 4.45. The third-order valence-electron chi connectivity index (χ3n) is 3.76. The Hall–Kier alpha value is -3.37. The molecule has 8 nitrogen and oxygen atoms in total. The molecule has 0 aliphatic heterocycles. The molecule has 0 unspecified atom stereocenters. The second-order valence-electron chi connectivity index (χ2n) is 5.71. The van der Waals surface area contributed by atoms with Gasteiger partial charge in [-0.15, -0.1) is 11.3 Å². The van der Waals surface area contributed by atoms with Crippen molar-refractivity contribution in [2.75, 3.05) is 11.8 Å². The summed E-state index contributed by atoms with van der Waals surface area (Å²) in [4.78, 5) is 12.5. The first-order chi connectivity index (χ1) is 13.9. The highest BCUT2D eigenvalue weighted by atomic mass is 32.2. The van der Waals surface area contributed by atoms with Crippen molar-refractivity contribution in [2.45, 2.75) is 4.21 Å². The van der Waals surface area contributed by atoms with E-state index in [9.17, 15) is 18.3 Å². The number of anilines is 1. The normalized spacial score (nSPS) is 11.3. The van der Waals surface area contributed by atoms with Crippen molar-refractivity contribution in [3.05, 3.63) is 71.1 Å². The van der Waals surface area contributed by atoms with Gasteiger partial charge in [0.1, 0.15) is 4.21 Å². The maximum absolute atomic E-state index is 12.5. The van der Waals surface area contributed by atoms with Crippen molar-refractivity contribution in [2.24, 2.45) is 5.10 Å². The van der Waals surface area contributed by atoms with Gasteiger partial charge in [-0.25, -0.2) is 13.8 Å². The highest BCUT2D eigenvalue weighted by molar-refractivity contribution is 7.94. The molecule has 0 saturated heterocycles. The zero-order valence-corrected chi connectivity index (χ0v) is 16.8. The topological polar surface area (TPSA) is 117 Å². The number of ether oxygens (including phenoxy) is 1. The third kappa shape index (κ3) is 4.92. The van der Waals surface area contributed by atoms with E-state index in [-0.39, 0.29) is 27.0 Å². The minimum Gasteiger partial charge on any atom is -0.504 e. The number of benzene rings is 2. The van der Waals surface area contributed by atoms with E-state index >= 15 is 0 Å². The summed E-state index contributed by atoms with van der Waals surface area (Å²) in [6.07, 6.45) is 1.37. The summed E-state index contributed by atoms with van der Waals surface area (Å²) in [5, 5.41) is 15.1. The van der Waals surface area contributed by atoms with Crippen molar-refractivity contribution >= 4 is 39.2 Å². The minimum atomic E-state index is -3.79. The molecule has 0 spiro atoms. The van der Waals surface area contributed by atoms with Gasteiger partial charge in [0.2, 0.25) is 0 Å². The number of para-hydroxylation sites is 1. The average molecular weight is 431 g/mol. The lowest BCUT2D eigenvalue weighted by molar-refractivity contribution is 0.0956. The molecule has 3 N–H and O–H groups in total. The monoisotopic (exact) mass is 431 g/mol. The highest BCUT2D eigenvalue weighted by Gasteiger charge is 2.19. The number of nitrogens with one attached hydrogen (secondary N) is 2. The number of methoxy groups -OCH3 is 1. The second-order valence-corrected chi connectivity index (χ2v) is 8.57. The van der Waals surface area contributed by atoms with Crippen LogP contribution < -0.4 is 14.9 Å². The van der Waals surface area contributed by atoms with Gasteiger partial charge in [-0.3, -0.25) is 9.52 Å². The Bertz CT molecular complexity index is 1140. The number of hydrogen-bond donors (Lipinski definition) is 3. The van der Waals surface area contributed by atoms with Crippen LogP contribution in [0.1, 0.15) is 15.9 Å². The number of carbonyl (C=O) groups is 1. The number of aromatic hydroxyl groups is 1. The van der Waals surface area contributed by atoms with Gasteiger partial charge in [-0.1, -0.05) is 18.2 Å². The molecule has 1 heterocycles. The molecule has 0 aliphatic rings. The molecule has 2 aromatic carbocycles. The molecular weight excluding hydrogens is 414 g/mol. The number of hydrazone groups is 1. The molecule has 0 bridgehead atoms. The molecule has 150 valence electrons. The van der Waals surface area contributed by atoms with Crippen molar-refractivity contribution in [1.82, 2.24) is 5.43 Å². The molecule has 29 heavy (non-hydrogen) atoms.